The van der Waals surface area contributed by atoms with Crippen molar-refractivity contribution in [3.63, 3.8) is 0 Å². The van der Waals surface area contributed by atoms with Gasteiger partial charge < -0.3 is 4.74 Å². The van der Waals surface area contributed by atoms with Crippen molar-refractivity contribution < 1.29 is 9.53 Å². The molecule has 0 spiro atoms. The van der Waals surface area contributed by atoms with E-state index in [4.69, 9.17) is 11.6 Å². The van der Waals surface area contributed by atoms with E-state index in [2.05, 4.69) is 15.0 Å². The number of rotatable bonds is 5. The van der Waals surface area contributed by atoms with Gasteiger partial charge in [-0.2, -0.15) is 10.2 Å². The van der Waals surface area contributed by atoms with Gasteiger partial charge in [-0.3, -0.25) is 0 Å². The molecule has 0 fully saturated rings. The smallest absolute Gasteiger partial charge is 0.403 e. The van der Waals surface area contributed by atoms with Crippen LogP contribution in [0.2, 0.25) is 0 Å². The maximum Gasteiger partial charge on any atom is 0.403 e. The van der Waals surface area contributed by atoms with Gasteiger partial charge in [0.25, 0.3) is 0 Å². The zero-order chi connectivity index (χ0) is 12.8. The summed E-state index contributed by atoms with van der Waals surface area (Å²) < 4.78 is 4.62. The first-order valence-corrected chi connectivity index (χ1v) is 6.39. The Morgan fingerprint density at radius 3 is 2.25 bits per heavy atom. The molecule has 0 amide bonds. The highest BCUT2D eigenvalue weighted by Crippen LogP contribution is 2.27. The van der Waals surface area contributed by atoms with Gasteiger partial charge in [-0.05, 0) is 34.6 Å². The van der Waals surface area contributed by atoms with Gasteiger partial charge in [0.05, 0.1) is 5.54 Å². The van der Waals surface area contributed by atoms with Crippen molar-refractivity contribution in [1.29, 1.82) is 0 Å². The summed E-state index contributed by atoms with van der Waals surface area (Å²) in [5.74, 6) is 0.647. The van der Waals surface area contributed by atoms with Gasteiger partial charge in [0.1, 0.15) is 11.5 Å². The third kappa shape index (κ3) is 10.2. The molecule has 4 nitrogen and oxygen atoms in total. The number of halogens is 1. The lowest BCUT2D eigenvalue weighted by molar-refractivity contribution is 0.181. The highest BCUT2D eigenvalue weighted by Gasteiger charge is 2.19. The van der Waals surface area contributed by atoms with E-state index in [0.717, 1.165) is 0 Å². The maximum atomic E-state index is 10.3. The summed E-state index contributed by atoms with van der Waals surface area (Å²) in [7, 11) is 0. The van der Waals surface area contributed by atoms with Gasteiger partial charge in [-0.15, -0.1) is 11.8 Å². The van der Waals surface area contributed by atoms with Crippen molar-refractivity contribution in [3.8, 4) is 0 Å². The van der Waals surface area contributed by atoms with Crippen LogP contribution in [0.1, 0.15) is 34.6 Å². The summed E-state index contributed by atoms with van der Waals surface area (Å²) >= 11 is 6.60. The first kappa shape index (κ1) is 15.7. The molecule has 0 unspecified atom stereocenters. The van der Waals surface area contributed by atoms with E-state index in [1.54, 1.807) is 11.8 Å². The van der Waals surface area contributed by atoms with Crippen LogP contribution in [0.4, 0.5) is 4.79 Å². The number of hydrogen-bond acceptors (Lipinski definition) is 5. The Labute approximate surface area is 106 Å². The third-order valence-corrected chi connectivity index (χ3v) is 2.61. The van der Waals surface area contributed by atoms with E-state index in [-0.39, 0.29) is 10.4 Å². The quantitative estimate of drug-likeness (QED) is 0.428. The zero-order valence-corrected chi connectivity index (χ0v) is 12.0. The molecule has 0 aromatic heterocycles. The number of azo groups is 1. The Morgan fingerprint density at radius 1 is 1.25 bits per heavy atom. The van der Waals surface area contributed by atoms with Crippen LogP contribution < -0.4 is 0 Å². The highest BCUT2D eigenvalue weighted by atomic mass is 35.5. The molecule has 0 radical (unpaired) electrons. The molecule has 0 saturated heterocycles. The fraction of sp³-hybridized carbons (Fsp3) is 0.900. The lowest BCUT2D eigenvalue weighted by Crippen LogP contribution is -2.16. The number of carbonyl (C=O) groups is 1. The van der Waals surface area contributed by atoms with Crippen LogP contribution in [0.3, 0.4) is 0 Å². The van der Waals surface area contributed by atoms with Crippen molar-refractivity contribution in [1.82, 2.24) is 0 Å². The third-order valence-electron chi connectivity index (χ3n) is 1.34. The Hall–Kier alpha value is -0.290. The van der Waals surface area contributed by atoms with E-state index in [1.807, 2.05) is 34.6 Å². The minimum absolute atomic E-state index is 0.166. The molecule has 0 heterocycles. The molecule has 6 heteroatoms. The second kappa shape index (κ2) is 6.45. The summed E-state index contributed by atoms with van der Waals surface area (Å²) in [4.78, 5) is 10.0. The van der Waals surface area contributed by atoms with Crippen molar-refractivity contribution in [2.24, 2.45) is 10.2 Å². The standard InChI is InChI=1S/C10H19ClN2O2S/c1-9(2,3)12-13-10(4,5)16-7-6-15-8(11)14/h6-7H2,1-5H3/b13-12+. The minimum atomic E-state index is -0.769. The Balaban J connectivity index is 3.96. The molecule has 0 aromatic carbocycles. The van der Waals surface area contributed by atoms with Crippen LogP contribution in [0.5, 0.6) is 0 Å². The van der Waals surface area contributed by atoms with E-state index in [1.165, 1.54) is 0 Å². The van der Waals surface area contributed by atoms with Gasteiger partial charge >= 0.3 is 5.43 Å². The Morgan fingerprint density at radius 2 is 1.81 bits per heavy atom. The number of nitrogens with zero attached hydrogens (tertiary/aromatic N) is 2. The minimum Gasteiger partial charge on any atom is -0.453 e. The second-order valence-corrected chi connectivity index (χ2v) is 6.76. The summed E-state index contributed by atoms with van der Waals surface area (Å²) in [6.45, 7) is 10.2. The SMILES string of the molecule is CC(C)(C)/N=N/C(C)(C)SCCOC(=O)Cl. The van der Waals surface area contributed by atoms with Gasteiger partial charge in [0, 0.05) is 17.4 Å². The highest BCUT2D eigenvalue weighted by molar-refractivity contribution is 8.00. The molecule has 0 atom stereocenters. The van der Waals surface area contributed by atoms with Crippen LogP contribution in [0, 0.1) is 0 Å². The molecule has 0 aromatic rings. The van der Waals surface area contributed by atoms with Crippen molar-refractivity contribution in [2.75, 3.05) is 12.4 Å². The molecule has 0 aliphatic heterocycles. The lowest BCUT2D eigenvalue weighted by Gasteiger charge is -2.19. The zero-order valence-electron chi connectivity index (χ0n) is 10.4. The Kier molecular flexibility index (Phi) is 6.33. The molecule has 0 N–H and O–H groups in total. The Bertz CT molecular complexity index is 262. The number of carbonyl (C=O) groups excluding carboxylic acids is 1. The molecular weight excluding hydrogens is 248 g/mol. The topological polar surface area (TPSA) is 51.0 Å². The molecule has 0 rings (SSSR count). The summed E-state index contributed by atoms with van der Waals surface area (Å²) in [5, 5.41) is 8.47. The second-order valence-electron chi connectivity index (χ2n) is 4.75. The summed E-state index contributed by atoms with van der Waals surface area (Å²) in [6, 6.07) is 0. The molecular formula is C10H19ClN2O2S. The van der Waals surface area contributed by atoms with Crippen LogP contribution in [0.25, 0.3) is 0 Å². The van der Waals surface area contributed by atoms with E-state index in [0.29, 0.717) is 12.4 Å². The normalized spacial score (nSPS) is 13.1. The number of ether oxygens (including phenoxy) is 1. The molecule has 16 heavy (non-hydrogen) atoms. The van der Waals surface area contributed by atoms with Crippen LogP contribution >= 0.6 is 23.4 Å². The van der Waals surface area contributed by atoms with Gasteiger partial charge in [-0.1, -0.05) is 0 Å². The molecule has 0 bridgehead atoms. The lowest BCUT2D eigenvalue weighted by atomic mass is 10.1. The predicted octanol–water partition coefficient (Wildman–Crippen LogP) is 4.08. The van der Waals surface area contributed by atoms with E-state index >= 15 is 0 Å². The molecule has 0 aliphatic carbocycles. The fourth-order valence-corrected chi connectivity index (χ4v) is 1.55. The summed E-state index contributed by atoms with van der Waals surface area (Å²) in [6.07, 6.45) is 0. The first-order valence-electron chi connectivity index (χ1n) is 5.03. The van der Waals surface area contributed by atoms with E-state index in [9.17, 15) is 4.79 Å². The van der Waals surface area contributed by atoms with Crippen molar-refractivity contribution in [3.05, 3.63) is 0 Å². The van der Waals surface area contributed by atoms with Crippen LogP contribution in [-0.4, -0.2) is 28.2 Å². The van der Waals surface area contributed by atoms with Gasteiger partial charge in [-0.25, -0.2) is 4.79 Å². The maximum absolute atomic E-state index is 10.3. The monoisotopic (exact) mass is 266 g/mol. The average molecular weight is 267 g/mol. The van der Waals surface area contributed by atoms with Crippen LogP contribution in [-0.2, 0) is 4.74 Å². The van der Waals surface area contributed by atoms with Gasteiger partial charge in [0.2, 0.25) is 0 Å². The average Bonchev–Trinajstić information content (AvgIpc) is 2.08. The first-order chi connectivity index (χ1) is 7.12. The largest absolute Gasteiger partial charge is 0.453 e. The fourth-order valence-electron chi connectivity index (χ4n) is 0.713. The van der Waals surface area contributed by atoms with Crippen molar-refractivity contribution >= 4 is 28.8 Å². The molecule has 94 valence electrons. The number of thioether (sulfide) groups is 1. The molecule has 0 aliphatic rings. The summed E-state index contributed by atoms with van der Waals surface area (Å²) in [5.41, 5.74) is -0.935. The predicted molar refractivity (Wildman–Crippen MR) is 68.3 cm³/mol. The van der Waals surface area contributed by atoms with E-state index < -0.39 is 5.43 Å². The van der Waals surface area contributed by atoms with Gasteiger partial charge in [0.15, 0.2) is 0 Å². The van der Waals surface area contributed by atoms with Crippen LogP contribution in [0.15, 0.2) is 10.2 Å². The molecule has 0 saturated carbocycles. The number of hydrogen-bond donors (Lipinski definition) is 0. The van der Waals surface area contributed by atoms with Crippen molar-refractivity contribution in [2.45, 2.75) is 45.0 Å².